The number of amides is 1. The highest BCUT2D eigenvalue weighted by Gasteiger charge is 2.44. The average Bonchev–Trinajstić information content (AvgIpc) is 2.25. The number of carbonyl (C=O) groups excluding carboxylic acids is 1. The number of rotatable bonds is 2. The lowest BCUT2D eigenvalue weighted by Crippen LogP contribution is -2.48. The number of alkyl halides is 3. The fraction of sp³-hybridized carbons (Fsp3) is 0.875. The van der Waals surface area contributed by atoms with Crippen LogP contribution in [0.3, 0.4) is 0 Å². The van der Waals surface area contributed by atoms with E-state index in [2.05, 4.69) is 0 Å². The zero-order valence-electron chi connectivity index (χ0n) is 9.52. The molecule has 106 valence electrons. The van der Waals surface area contributed by atoms with Crippen LogP contribution >= 0.6 is 18.1 Å². The molecule has 1 amide bonds. The molecule has 1 aliphatic heterocycles. The Kier molecular flexibility index (Phi) is 4.70. The molecule has 1 aliphatic rings. The molecule has 0 aromatic carbocycles. The molecular weight excluding hydrogens is 296 g/mol. The quantitative estimate of drug-likeness (QED) is 0.790. The monoisotopic (exact) mass is 308 g/mol. The second-order valence-corrected chi connectivity index (χ2v) is 6.90. The van der Waals surface area contributed by atoms with Gasteiger partial charge in [-0.05, 0) is 24.1 Å². The highest BCUT2D eigenvalue weighted by Crippen LogP contribution is 2.51. The lowest BCUT2D eigenvalue weighted by Gasteiger charge is -2.36. The van der Waals surface area contributed by atoms with Crippen LogP contribution in [0.15, 0.2) is 0 Å². The van der Waals surface area contributed by atoms with Gasteiger partial charge in [0.2, 0.25) is 0 Å². The highest BCUT2D eigenvalue weighted by molar-refractivity contribution is 7.82. The number of carbonyl (C=O) groups is 1. The van der Waals surface area contributed by atoms with Crippen molar-refractivity contribution in [2.24, 2.45) is 0 Å². The van der Waals surface area contributed by atoms with Gasteiger partial charge in [-0.2, -0.15) is 13.2 Å². The number of hydrogen-bond donors (Lipinski definition) is 1. The summed E-state index contributed by atoms with van der Waals surface area (Å²) in [5.41, 5.74) is 0. The van der Waals surface area contributed by atoms with Crippen molar-refractivity contribution in [2.45, 2.75) is 25.1 Å². The molecule has 1 rings (SSSR count). The van der Waals surface area contributed by atoms with Crippen molar-refractivity contribution in [3.63, 3.8) is 0 Å². The Morgan fingerprint density at radius 1 is 1.44 bits per heavy atom. The minimum absolute atomic E-state index is 0.0808. The van der Waals surface area contributed by atoms with Crippen LogP contribution in [0.5, 0.6) is 0 Å². The molecule has 0 radical (unpaired) electrons. The molecule has 1 saturated heterocycles. The van der Waals surface area contributed by atoms with Crippen molar-refractivity contribution in [2.75, 3.05) is 20.1 Å². The second kappa shape index (κ2) is 5.36. The Hall–Kier alpha value is -0.300. The van der Waals surface area contributed by atoms with Gasteiger partial charge >= 0.3 is 19.0 Å². The van der Waals surface area contributed by atoms with E-state index in [1.165, 1.54) is 0 Å². The van der Waals surface area contributed by atoms with Crippen LogP contribution in [0.4, 0.5) is 13.2 Å². The fourth-order valence-corrected chi connectivity index (χ4v) is 3.03. The molecule has 0 aromatic heterocycles. The van der Waals surface area contributed by atoms with Gasteiger partial charge in [0.25, 0.3) is 0 Å². The van der Waals surface area contributed by atoms with Crippen LogP contribution in [0.2, 0.25) is 0 Å². The van der Waals surface area contributed by atoms with Gasteiger partial charge in [0.05, 0.1) is 0 Å². The SMILES string of the molecule is CN(C(=O)C(F)(F)F)C1CCN(P(=O)(O)Cl)CC1. The normalized spacial score (nSPS) is 22.6. The van der Waals surface area contributed by atoms with E-state index in [0.717, 1.165) is 11.7 Å². The molecule has 1 fully saturated rings. The van der Waals surface area contributed by atoms with Gasteiger partial charge < -0.3 is 9.79 Å². The Balaban J connectivity index is 2.59. The summed E-state index contributed by atoms with van der Waals surface area (Å²) in [5.74, 6) is -1.90. The minimum atomic E-state index is -4.90. The van der Waals surface area contributed by atoms with Gasteiger partial charge in [0.1, 0.15) is 0 Å². The molecule has 1 heterocycles. The van der Waals surface area contributed by atoms with E-state index in [0.29, 0.717) is 4.90 Å². The molecule has 0 bridgehead atoms. The van der Waals surface area contributed by atoms with Gasteiger partial charge in [0.15, 0.2) is 0 Å². The molecule has 18 heavy (non-hydrogen) atoms. The number of nitrogens with zero attached hydrogens (tertiary/aromatic N) is 2. The van der Waals surface area contributed by atoms with Crippen LogP contribution in [0, 0.1) is 0 Å². The number of hydrogen-bond acceptors (Lipinski definition) is 2. The third kappa shape index (κ3) is 3.85. The first-order chi connectivity index (χ1) is 8.03. The van der Waals surface area contributed by atoms with E-state index < -0.39 is 25.0 Å². The van der Waals surface area contributed by atoms with Crippen LogP contribution < -0.4 is 0 Å². The van der Waals surface area contributed by atoms with E-state index in [9.17, 15) is 22.5 Å². The molecule has 0 aromatic rings. The maximum Gasteiger partial charge on any atom is 0.471 e. The van der Waals surface area contributed by atoms with Gasteiger partial charge in [-0.25, -0.2) is 4.67 Å². The van der Waals surface area contributed by atoms with Crippen LogP contribution in [-0.2, 0) is 9.36 Å². The van der Waals surface area contributed by atoms with Crippen molar-refractivity contribution < 1.29 is 27.4 Å². The third-order valence-corrected chi connectivity index (χ3v) is 4.64. The molecule has 5 nitrogen and oxygen atoms in total. The van der Waals surface area contributed by atoms with Gasteiger partial charge in [-0.1, -0.05) is 0 Å². The van der Waals surface area contributed by atoms with E-state index in [4.69, 9.17) is 16.1 Å². The van der Waals surface area contributed by atoms with Crippen LogP contribution in [-0.4, -0.2) is 52.7 Å². The lowest BCUT2D eigenvalue weighted by atomic mass is 10.1. The Morgan fingerprint density at radius 3 is 2.22 bits per heavy atom. The maximum atomic E-state index is 12.2. The maximum absolute atomic E-state index is 12.2. The highest BCUT2D eigenvalue weighted by atomic mass is 35.7. The first kappa shape index (κ1) is 15.8. The van der Waals surface area contributed by atoms with Crippen LogP contribution in [0.1, 0.15) is 12.8 Å². The van der Waals surface area contributed by atoms with E-state index >= 15 is 0 Å². The first-order valence-electron chi connectivity index (χ1n) is 5.15. The van der Waals surface area contributed by atoms with Gasteiger partial charge in [-0.15, -0.1) is 0 Å². The molecule has 10 heteroatoms. The topological polar surface area (TPSA) is 60.9 Å². The Labute approximate surface area is 107 Å². The molecule has 0 aliphatic carbocycles. The summed E-state index contributed by atoms with van der Waals surface area (Å²) in [6, 6.07) is -0.599. The van der Waals surface area contributed by atoms with Crippen molar-refractivity contribution >= 4 is 24.0 Å². The average molecular weight is 309 g/mol. The molecule has 0 spiro atoms. The lowest BCUT2D eigenvalue weighted by molar-refractivity contribution is -0.186. The summed E-state index contributed by atoms with van der Waals surface area (Å²) in [6.07, 6.45) is -4.55. The molecule has 1 unspecified atom stereocenters. The molecule has 0 saturated carbocycles. The van der Waals surface area contributed by atoms with Gasteiger partial charge in [0, 0.05) is 26.2 Å². The standard InChI is InChI=1S/C8H13ClF3N2O3P/c1-13(7(15)8(10,11)12)6-2-4-14(5-3-6)18(9,16)17/h6H,2-5H2,1H3,(H,16,17). The van der Waals surface area contributed by atoms with E-state index in [-0.39, 0.29) is 25.9 Å². The number of halogens is 4. The third-order valence-electron chi connectivity index (χ3n) is 2.90. The van der Waals surface area contributed by atoms with E-state index in [1.54, 1.807) is 0 Å². The summed E-state index contributed by atoms with van der Waals surface area (Å²) in [7, 11) is 1.08. The Morgan fingerprint density at radius 2 is 1.89 bits per heavy atom. The Bertz CT molecular complexity index is 365. The minimum Gasteiger partial charge on any atom is -0.335 e. The van der Waals surface area contributed by atoms with Crippen molar-refractivity contribution in [1.82, 2.24) is 9.57 Å². The van der Waals surface area contributed by atoms with E-state index in [1.807, 2.05) is 0 Å². The van der Waals surface area contributed by atoms with Crippen molar-refractivity contribution in [3.8, 4) is 0 Å². The number of piperidine rings is 1. The van der Waals surface area contributed by atoms with Crippen LogP contribution in [0.25, 0.3) is 0 Å². The predicted molar refractivity (Wildman–Crippen MR) is 59.1 cm³/mol. The fourth-order valence-electron chi connectivity index (χ4n) is 1.85. The first-order valence-corrected chi connectivity index (χ1v) is 7.67. The summed E-state index contributed by atoms with van der Waals surface area (Å²) in [4.78, 5) is 20.7. The smallest absolute Gasteiger partial charge is 0.335 e. The van der Waals surface area contributed by atoms with Crippen molar-refractivity contribution in [1.29, 1.82) is 0 Å². The van der Waals surface area contributed by atoms with Gasteiger partial charge in [-0.3, -0.25) is 9.36 Å². The largest absolute Gasteiger partial charge is 0.471 e. The molecule has 1 atom stereocenters. The zero-order chi connectivity index (χ0) is 14.1. The zero-order valence-corrected chi connectivity index (χ0v) is 11.2. The summed E-state index contributed by atoms with van der Waals surface area (Å²) in [6.45, 7) is -3.71. The molecular formula is C8H13ClF3N2O3P. The molecule has 1 N–H and O–H groups in total. The van der Waals surface area contributed by atoms with Crippen molar-refractivity contribution in [3.05, 3.63) is 0 Å². The summed E-state index contributed by atoms with van der Waals surface area (Å²) in [5, 5.41) is 0. The summed E-state index contributed by atoms with van der Waals surface area (Å²) < 4.78 is 48.9. The predicted octanol–water partition coefficient (Wildman–Crippen LogP) is 1.81. The second-order valence-electron chi connectivity index (χ2n) is 4.07. The summed E-state index contributed by atoms with van der Waals surface area (Å²) >= 11 is 5.25.